The standard InChI is InChI=1S/C15H33NO/c1-6-8-9-10-11-12-14(3)16-13-15(4,5)17-7-2/h14,16H,6-13H2,1-5H3. The summed E-state index contributed by atoms with van der Waals surface area (Å²) in [5.41, 5.74) is -0.0365. The van der Waals surface area contributed by atoms with Gasteiger partial charge in [0.25, 0.3) is 0 Å². The molecule has 1 atom stereocenters. The average Bonchev–Trinajstić information content (AvgIpc) is 2.26. The number of rotatable bonds is 11. The van der Waals surface area contributed by atoms with E-state index in [1.807, 2.05) is 0 Å². The SMILES string of the molecule is CCCCCCCC(C)NCC(C)(C)OCC. The van der Waals surface area contributed by atoms with Gasteiger partial charge in [-0.15, -0.1) is 0 Å². The highest BCUT2D eigenvalue weighted by Gasteiger charge is 2.17. The molecule has 0 saturated carbocycles. The molecule has 0 spiro atoms. The molecule has 2 heteroatoms. The van der Waals surface area contributed by atoms with Crippen molar-refractivity contribution in [3.05, 3.63) is 0 Å². The van der Waals surface area contributed by atoms with Crippen molar-refractivity contribution in [3.8, 4) is 0 Å². The van der Waals surface area contributed by atoms with Crippen molar-refractivity contribution in [2.45, 2.75) is 84.8 Å². The van der Waals surface area contributed by atoms with Crippen molar-refractivity contribution >= 4 is 0 Å². The maximum absolute atomic E-state index is 5.67. The van der Waals surface area contributed by atoms with E-state index in [-0.39, 0.29) is 5.60 Å². The van der Waals surface area contributed by atoms with Crippen LogP contribution in [0.3, 0.4) is 0 Å². The lowest BCUT2D eigenvalue weighted by molar-refractivity contribution is -0.0104. The maximum atomic E-state index is 5.67. The minimum absolute atomic E-state index is 0.0365. The lowest BCUT2D eigenvalue weighted by Gasteiger charge is -2.27. The van der Waals surface area contributed by atoms with Gasteiger partial charge in [0.15, 0.2) is 0 Å². The van der Waals surface area contributed by atoms with Crippen molar-refractivity contribution < 1.29 is 4.74 Å². The third kappa shape index (κ3) is 10.8. The molecule has 0 aliphatic carbocycles. The highest BCUT2D eigenvalue weighted by Crippen LogP contribution is 2.10. The Morgan fingerprint density at radius 1 is 1.06 bits per heavy atom. The van der Waals surface area contributed by atoms with Crippen molar-refractivity contribution in [1.29, 1.82) is 0 Å². The molecule has 0 fully saturated rings. The van der Waals surface area contributed by atoms with Crippen molar-refractivity contribution in [3.63, 3.8) is 0 Å². The second-order valence-corrected chi connectivity index (χ2v) is 5.68. The molecule has 0 aromatic carbocycles. The van der Waals surface area contributed by atoms with Crippen LogP contribution in [0.4, 0.5) is 0 Å². The third-order valence-electron chi connectivity index (χ3n) is 3.15. The van der Waals surface area contributed by atoms with Gasteiger partial charge in [0.05, 0.1) is 5.60 Å². The Morgan fingerprint density at radius 2 is 1.71 bits per heavy atom. The van der Waals surface area contributed by atoms with Crippen LogP contribution < -0.4 is 5.32 Å². The maximum Gasteiger partial charge on any atom is 0.0750 e. The van der Waals surface area contributed by atoms with Gasteiger partial charge in [0.1, 0.15) is 0 Å². The molecular weight excluding hydrogens is 210 g/mol. The summed E-state index contributed by atoms with van der Waals surface area (Å²) in [4.78, 5) is 0. The Labute approximate surface area is 109 Å². The summed E-state index contributed by atoms with van der Waals surface area (Å²) >= 11 is 0. The first-order valence-corrected chi connectivity index (χ1v) is 7.39. The lowest BCUT2D eigenvalue weighted by atomic mass is 10.1. The number of unbranched alkanes of at least 4 members (excludes halogenated alkanes) is 4. The zero-order valence-electron chi connectivity index (χ0n) is 12.6. The quantitative estimate of drug-likeness (QED) is 0.551. The molecule has 0 aromatic rings. The highest BCUT2D eigenvalue weighted by molar-refractivity contribution is 4.74. The molecule has 0 rings (SSSR count). The first-order valence-electron chi connectivity index (χ1n) is 7.39. The predicted molar refractivity (Wildman–Crippen MR) is 76.5 cm³/mol. The monoisotopic (exact) mass is 243 g/mol. The van der Waals surface area contributed by atoms with E-state index in [0.717, 1.165) is 13.2 Å². The molecule has 0 bridgehead atoms. The number of hydrogen-bond acceptors (Lipinski definition) is 2. The van der Waals surface area contributed by atoms with Gasteiger partial charge in [-0.3, -0.25) is 0 Å². The van der Waals surface area contributed by atoms with Crippen LogP contribution in [0.5, 0.6) is 0 Å². The van der Waals surface area contributed by atoms with E-state index in [1.165, 1.54) is 38.5 Å². The van der Waals surface area contributed by atoms with E-state index in [4.69, 9.17) is 4.74 Å². The van der Waals surface area contributed by atoms with Gasteiger partial charge in [-0.1, -0.05) is 39.0 Å². The van der Waals surface area contributed by atoms with Crippen LogP contribution in [-0.4, -0.2) is 24.8 Å². The smallest absolute Gasteiger partial charge is 0.0750 e. The lowest BCUT2D eigenvalue weighted by Crippen LogP contribution is -2.41. The largest absolute Gasteiger partial charge is 0.375 e. The minimum Gasteiger partial charge on any atom is -0.375 e. The van der Waals surface area contributed by atoms with E-state index in [2.05, 4.69) is 39.9 Å². The molecular formula is C15H33NO. The highest BCUT2D eigenvalue weighted by atomic mass is 16.5. The van der Waals surface area contributed by atoms with Crippen LogP contribution in [-0.2, 0) is 4.74 Å². The Balaban J connectivity index is 3.48. The summed E-state index contributed by atoms with van der Waals surface area (Å²) in [5, 5.41) is 3.57. The van der Waals surface area contributed by atoms with E-state index >= 15 is 0 Å². The minimum atomic E-state index is -0.0365. The Hall–Kier alpha value is -0.0800. The van der Waals surface area contributed by atoms with Crippen LogP contribution >= 0.6 is 0 Å². The van der Waals surface area contributed by atoms with Gasteiger partial charge < -0.3 is 10.1 Å². The molecule has 17 heavy (non-hydrogen) atoms. The Morgan fingerprint density at radius 3 is 2.29 bits per heavy atom. The van der Waals surface area contributed by atoms with Crippen LogP contribution in [0.15, 0.2) is 0 Å². The summed E-state index contributed by atoms with van der Waals surface area (Å²) in [6.07, 6.45) is 8.13. The molecule has 0 saturated heterocycles. The second kappa shape index (κ2) is 9.90. The van der Waals surface area contributed by atoms with Crippen LogP contribution in [0.2, 0.25) is 0 Å². The molecule has 1 N–H and O–H groups in total. The van der Waals surface area contributed by atoms with Gasteiger partial charge in [-0.25, -0.2) is 0 Å². The summed E-state index contributed by atoms with van der Waals surface area (Å²) in [7, 11) is 0. The summed E-state index contributed by atoms with van der Waals surface area (Å²) in [6.45, 7) is 12.6. The number of ether oxygens (including phenoxy) is 1. The third-order valence-corrected chi connectivity index (χ3v) is 3.15. The van der Waals surface area contributed by atoms with E-state index in [1.54, 1.807) is 0 Å². The molecule has 0 aliphatic heterocycles. The van der Waals surface area contributed by atoms with Gasteiger partial charge in [-0.2, -0.15) is 0 Å². The fourth-order valence-corrected chi connectivity index (χ4v) is 2.02. The number of hydrogen-bond donors (Lipinski definition) is 1. The zero-order chi connectivity index (χ0) is 13.1. The fourth-order valence-electron chi connectivity index (χ4n) is 2.02. The van der Waals surface area contributed by atoms with E-state index in [0.29, 0.717) is 6.04 Å². The second-order valence-electron chi connectivity index (χ2n) is 5.68. The summed E-state index contributed by atoms with van der Waals surface area (Å²) < 4.78 is 5.67. The van der Waals surface area contributed by atoms with Gasteiger partial charge >= 0.3 is 0 Å². The molecule has 0 amide bonds. The van der Waals surface area contributed by atoms with Crippen molar-refractivity contribution in [2.75, 3.05) is 13.2 Å². The summed E-state index contributed by atoms with van der Waals surface area (Å²) in [6, 6.07) is 0.608. The molecule has 0 radical (unpaired) electrons. The van der Waals surface area contributed by atoms with E-state index in [9.17, 15) is 0 Å². The first-order chi connectivity index (χ1) is 8.02. The molecule has 0 aromatic heterocycles. The molecule has 0 heterocycles. The van der Waals surface area contributed by atoms with Gasteiger partial charge in [0.2, 0.25) is 0 Å². The molecule has 104 valence electrons. The predicted octanol–water partition coefficient (Wildman–Crippen LogP) is 4.14. The summed E-state index contributed by atoms with van der Waals surface area (Å²) in [5.74, 6) is 0. The molecule has 1 unspecified atom stereocenters. The van der Waals surface area contributed by atoms with Crippen LogP contribution in [0.25, 0.3) is 0 Å². The fraction of sp³-hybridized carbons (Fsp3) is 1.00. The Bertz CT molecular complexity index is 168. The topological polar surface area (TPSA) is 21.3 Å². The average molecular weight is 243 g/mol. The number of nitrogens with one attached hydrogen (secondary N) is 1. The van der Waals surface area contributed by atoms with Crippen molar-refractivity contribution in [2.24, 2.45) is 0 Å². The van der Waals surface area contributed by atoms with Gasteiger partial charge in [-0.05, 0) is 34.1 Å². The molecule has 2 nitrogen and oxygen atoms in total. The van der Waals surface area contributed by atoms with Crippen LogP contribution in [0.1, 0.15) is 73.1 Å². The van der Waals surface area contributed by atoms with Gasteiger partial charge in [0, 0.05) is 19.2 Å². The zero-order valence-corrected chi connectivity index (χ0v) is 12.6. The molecule has 0 aliphatic rings. The first kappa shape index (κ1) is 16.9. The Kier molecular flexibility index (Phi) is 9.85. The van der Waals surface area contributed by atoms with Crippen LogP contribution in [0, 0.1) is 0 Å². The normalized spacial score (nSPS) is 13.9. The van der Waals surface area contributed by atoms with E-state index < -0.39 is 0 Å². The van der Waals surface area contributed by atoms with Crippen molar-refractivity contribution in [1.82, 2.24) is 5.32 Å².